The lowest BCUT2D eigenvalue weighted by atomic mass is 10.2. The van der Waals surface area contributed by atoms with Crippen LogP contribution in [0, 0.1) is 12.7 Å². The molecule has 2 aromatic rings. The molecule has 0 spiro atoms. The van der Waals surface area contributed by atoms with Gasteiger partial charge in [-0.05, 0) is 38.2 Å². The van der Waals surface area contributed by atoms with E-state index in [2.05, 4.69) is 15.2 Å². The largest absolute Gasteiger partial charge is 0.335 e. The molecule has 2 saturated heterocycles. The summed E-state index contributed by atoms with van der Waals surface area (Å²) in [4.78, 5) is 16.7. The molecule has 4 rings (SSSR count). The maximum atomic E-state index is 13.2. The maximum absolute atomic E-state index is 13.2. The normalized spacial score (nSPS) is 19.6. The zero-order valence-corrected chi connectivity index (χ0v) is 18.4. The molecule has 0 radical (unpaired) electrons. The number of rotatable bonds is 4. The zero-order valence-electron chi connectivity index (χ0n) is 17.6. The molecule has 0 atom stereocenters. The van der Waals surface area contributed by atoms with Crippen molar-refractivity contribution in [3.05, 3.63) is 41.5 Å². The Bertz CT molecular complexity index is 1040. The summed E-state index contributed by atoms with van der Waals surface area (Å²) in [5.41, 5.74) is 1.36. The molecule has 2 fully saturated rings. The van der Waals surface area contributed by atoms with E-state index in [1.807, 2.05) is 7.05 Å². The summed E-state index contributed by atoms with van der Waals surface area (Å²) in [7, 11) is -1.55. The van der Waals surface area contributed by atoms with Gasteiger partial charge in [-0.25, -0.2) is 9.07 Å². The van der Waals surface area contributed by atoms with Crippen molar-refractivity contribution in [2.75, 3.05) is 59.4 Å². The summed E-state index contributed by atoms with van der Waals surface area (Å²) in [6.07, 6.45) is 0. The van der Waals surface area contributed by atoms with Gasteiger partial charge in [0.25, 0.3) is 16.1 Å². The molecule has 0 saturated carbocycles. The summed E-state index contributed by atoms with van der Waals surface area (Å²) < 4.78 is 43.4. The lowest BCUT2D eigenvalue weighted by Gasteiger charge is -2.38. The molecule has 1 aromatic heterocycles. The third-order valence-corrected chi connectivity index (χ3v) is 7.84. The lowest BCUT2D eigenvalue weighted by molar-refractivity contribution is 0.0685. The molecular formula is C19H26FN7O3S. The van der Waals surface area contributed by atoms with Gasteiger partial charge in [-0.2, -0.15) is 17.0 Å². The van der Waals surface area contributed by atoms with Crippen LogP contribution in [-0.4, -0.2) is 107 Å². The second-order valence-corrected chi connectivity index (χ2v) is 9.74. The number of hydrogen-bond acceptors (Lipinski definition) is 6. The minimum absolute atomic E-state index is 0.208. The fraction of sp³-hybridized carbons (Fsp3) is 0.526. The Kier molecular flexibility index (Phi) is 6.06. The lowest BCUT2D eigenvalue weighted by Crippen LogP contribution is -2.57. The third-order valence-electron chi connectivity index (χ3n) is 5.81. The number of halogens is 1. The van der Waals surface area contributed by atoms with E-state index in [0.717, 1.165) is 0 Å². The van der Waals surface area contributed by atoms with Crippen LogP contribution in [0.1, 0.15) is 16.2 Å². The Morgan fingerprint density at radius 3 is 2.06 bits per heavy atom. The molecule has 168 valence electrons. The molecule has 2 aliphatic heterocycles. The minimum atomic E-state index is -3.53. The standard InChI is InChI=1S/C19H26FN7O3S/c1-15-18(21-22-27(15)17-5-3-16(20)4-6-17)19(28)24-9-13-26(14-10-24)31(29,30)25-11-7-23(2)8-12-25/h3-6H,7-14H2,1-2H3. The average molecular weight is 452 g/mol. The van der Waals surface area contributed by atoms with Gasteiger partial charge in [0, 0.05) is 52.4 Å². The predicted molar refractivity (Wildman–Crippen MR) is 112 cm³/mol. The Hall–Kier alpha value is -2.41. The van der Waals surface area contributed by atoms with Crippen molar-refractivity contribution >= 4 is 16.1 Å². The van der Waals surface area contributed by atoms with E-state index in [1.54, 1.807) is 24.0 Å². The molecule has 0 aliphatic carbocycles. The van der Waals surface area contributed by atoms with Gasteiger partial charge in [-0.3, -0.25) is 4.79 Å². The number of likely N-dealkylation sites (N-methyl/N-ethyl adjacent to an activating group) is 1. The summed E-state index contributed by atoms with van der Waals surface area (Å²) in [6, 6.07) is 5.76. The van der Waals surface area contributed by atoms with Crippen LogP contribution in [0.25, 0.3) is 5.69 Å². The topological polar surface area (TPSA) is 94.9 Å². The number of piperazine rings is 2. The van der Waals surface area contributed by atoms with Gasteiger partial charge < -0.3 is 9.80 Å². The van der Waals surface area contributed by atoms with Crippen molar-refractivity contribution in [2.45, 2.75) is 6.92 Å². The van der Waals surface area contributed by atoms with Gasteiger partial charge in [0.05, 0.1) is 11.4 Å². The summed E-state index contributed by atoms with van der Waals surface area (Å²) in [5.74, 6) is -0.648. The van der Waals surface area contributed by atoms with Crippen LogP contribution in [0.5, 0.6) is 0 Å². The first-order valence-electron chi connectivity index (χ1n) is 10.2. The zero-order chi connectivity index (χ0) is 22.2. The number of aromatic nitrogens is 3. The van der Waals surface area contributed by atoms with Gasteiger partial charge in [-0.15, -0.1) is 5.10 Å². The Morgan fingerprint density at radius 2 is 1.48 bits per heavy atom. The van der Waals surface area contributed by atoms with Crippen molar-refractivity contribution in [1.29, 1.82) is 0 Å². The average Bonchev–Trinajstić information content (AvgIpc) is 3.15. The number of amides is 1. The third kappa shape index (κ3) is 4.33. The van der Waals surface area contributed by atoms with E-state index < -0.39 is 10.2 Å². The first kappa shape index (κ1) is 21.8. The van der Waals surface area contributed by atoms with Crippen LogP contribution >= 0.6 is 0 Å². The molecule has 1 amide bonds. The number of carbonyl (C=O) groups is 1. The molecule has 3 heterocycles. The second-order valence-electron chi connectivity index (χ2n) is 7.81. The van der Waals surface area contributed by atoms with E-state index in [0.29, 0.717) is 37.6 Å². The molecule has 1 aromatic carbocycles. The van der Waals surface area contributed by atoms with Crippen LogP contribution in [0.3, 0.4) is 0 Å². The van der Waals surface area contributed by atoms with Gasteiger partial charge in [-0.1, -0.05) is 5.21 Å². The van der Waals surface area contributed by atoms with E-state index in [9.17, 15) is 17.6 Å². The molecule has 12 heteroatoms. The van der Waals surface area contributed by atoms with Gasteiger partial charge in [0.2, 0.25) is 0 Å². The number of hydrogen-bond donors (Lipinski definition) is 0. The summed E-state index contributed by atoms with van der Waals surface area (Å²) in [6.45, 7) is 5.15. The molecule has 0 bridgehead atoms. The molecule has 2 aliphatic rings. The highest BCUT2D eigenvalue weighted by Gasteiger charge is 2.35. The first-order valence-corrected chi connectivity index (χ1v) is 11.6. The van der Waals surface area contributed by atoms with Crippen molar-refractivity contribution in [2.24, 2.45) is 0 Å². The smallest absolute Gasteiger partial charge is 0.282 e. The summed E-state index contributed by atoms with van der Waals surface area (Å²) in [5, 5.41) is 8.05. The Morgan fingerprint density at radius 1 is 0.935 bits per heavy atom. The van der Waals surface area contributed by atoms with E-state index in [1.165, 1.54) is 25.4 Å². The maximum Gasteiger partial charge on any atom is 0.282 e. The Balaban J connectivity index is 1.41. The van der Waals surface area contributed by atoms with Gasteiger partial charge >= 0.3 is 0 Å². The molecule has 0 N–H and O–H groups in total. The number of benzene rings is 1. The quantitative estimate of drug-likeness (QED) is 0.648. The SMILES string of the molecule is Cc1c(C(=O)N2CCN(S(=O)(=O)N3CCN(C)CC3)CC2)nnn1-c1ccc(F)cc1. The fourth-order valence-corrected chi connectivity index (χ4v) is 5.38. The molecular weight excluding hydrogens is 425 g/mol. The molecule has 31 heavy (non-hydrogen) atoms. The first-order chi connectivity index (χ1) is 14.8. The van der Waals surface area contributed by atoms with Crippen LogP contribution < -0.4 is 0 Å². The summed E-state index contributed by atoms with van der Waals surface area (Å²) >= 11 is 0. The Labute approximate surface area is 181 Å². The fourth-order valence-electron chi connectivity index (χ4n) is 3.81. The monoisotopic (exact) mass is 451 g/mol. The van der Waals surface area contributed by atoms with Crippen LogP contribution in [-0.2, 0) is 10.2 Å². The van der Waals surface area contributed by atoms with E-state index >= 15 is 0 Å². The number of nitrogens with zero attached hydrogens (tertiary/aromatic N) is 7. The van der Waals surface area contributed by atoms with Crippen molar-refractivity contribution in [1.82, 2.24) is 33.4 Å². The van der Waals surface area contributed by atoms with Crippen LogP contribution in [0.15, 0.2) is 24.3 Å². The van der Waals surface area contributed by atoms with Crippen LogP contribution in [0.2, 0.25) is 0 Å². The molecule has 0 unspecified atom stereocenters. The predicted octanol–water partition coefficient (Wildman–Crippen LogP) is -0.0352. The highest BCUT2D eigenvalue weighted by molar-refractivity contribution is 7.86. The van der Waals surface area contributed by atoms with Crippen molar-refractivity contribution in [3.8, 4) is 5.69 Å². The minimum Gasteiger partial charge on any atom is -0.335 e. The van der Waals surface area contributed by atoms with Crippen molar-refractivity contribution < 1.29 is 17.6 Å². The highest BCUT2D eigenvalue weighted by Crippen LogP contribution is 2.18. The highest BCUT2D eigenvalue weighted by atomic mass is 32.2. The van der Waals surface area contributed by atoms with E-state index in [-0.39, 0.29) is 43.6 Å². The van der Waals surface area contributed by atoms with Gasteiger partial charge in [0.1, 0.15) is 5.82 Å². The van der Waals surface area contributed by atoms with E-state index in [4.69, 9.17) is 0 Å². The van der Waals surface area contributed by atoms with Gasteiger partial charge in [0.15, 0.2) is 5.69 Å². The van der Waals surface area contributed by atoms with Crippen LogP contribution in [0.4, 0.5) is 4.39 Å². The second kappa shape index (κ2) is 8.61. The number of carbonyl (C=O) groups excluding carboxylic acids is 1. The van der Waals surface area contributed by atoms with Crippen molar-refractivity contribution in [3.63, 3.8) is 0 Å². The molecule has 10 nitrogen and oxygen atoms in total.